The van der Waals surface area contributed by atoms with Gasteiger partial charge in [0.2, 0.25) is 0 Å². The first-order valence-corrected chi connectivity index (χ1v) is 5.09. The minimum absolute atomic E-state index is 0.0379. The van der Waals surface area contributed by atoms with E-state index in [1.54, 1.807) is 12.3 Å². The molecule has 0 aliphatic heterocycles. The van der Waals surface area contributed by atoms with E-state index in [2.05, 4.69) is 4.98 Å². The molecule has 0 radical (unpaired) electrons. The third kappa shape index (κ3) is 3.01. The Bertz CT molecular complexity index is 330. The van der Waals surface area contributed by atoms with Gasteiger partial charge in [-0.05, 0) is 12.1 Å². The number of nitrogens with zero attached hydrogens (tertiary/aromatic N) is 1. The van der Waals surface area contributed by atoms with Crippen LogP contribution in [0.15, 0.2) is 23.2 Å². The van der Waals surface area contributed by atoms with Gasteiger partial charge in [0, 0.05) is 16.3 Å². The van der Waals surface area contributed by atoms with E-state index in [9.17, 15) is 0 Å². The lowest BCUT2D eigenvalue weighted by Gasteiger charge is -2.07. The van der Waals surface area contributed by atoms with Gasteiger partial charge in [-0.1, -0.05) is 6.92 Å². The van der Waals surface area contributed by atoms with Gasteiger partial charge in [-0.2, -0.15) is 0 Å². The van der Waals surface area contributed by atoms with E-state index in [1.165, 1.54) is 11.8 Å². The number of hydrogen-bond acceptors (Lipinski definition) is 4. The van der Waals surface area contributed by atoms with Gasteiger partial charge in [-0.3, -0.25) is 10.4 Å². The van der Waals surface area contributed by atoms with Crippen molar-refractivity contribution in [2.24, 2.45) is 5.73 Å². The summed E-state index contributed by atoms with van der Waals surface area (Å²) < 4.78 is 0. The highest BCUT2D eigenvalue weighted by molar-refractivity contribution is 8.00. The second kappa shape index (κ2) is 4.97. The molecule has 5 heteroatoms. The SMILES string of the molecule is CC(CO)Sc1ccnc(C(=N)N)c1. The van der Waals surface area contributed by atoms with Crippen LogP contribution in [0.3, 0.4) is 0 Å². The number of pyridine rings is 1. The Labute approximate surface area is 87.1 Å². The molecule has 0 bridgehead atoms. The van der Waals surface area contributed by atoms with Crippen molar-refractivity contribution >= 4 is 17.6 Å². The summed E-state index contributed by atoms with van der Waals surface area (Å²) >= 11 is 1.53. The molecule has 0 spiro atoms. The van der Waals surface area contributed by atoms with Crippen LogP contribution in [-0.2, 0) is 0 Å². The summed E-state index contributed by atoms with van der Waals surface area (Å²) in [5.74, 6) is -0.0379. The summed E-state index contributed by atoms with van der Waals surface area (Å²) in [7, 11) is 0. The van der Waals surface area contributed by atoms with Crippen LogP contribution in [0.25, 0.3) is 0 Å². The van der Waals surface area contributed by atoms with Crippen molar-refractivity contribution in [2.75, 3.05) is 6.61 Å². The van der Waals surface area contributed by atoms with Crippen LogP contribution in [0, 0.1) is 5.41 Å². The summed E-state index contributed by atoms with van der Waals surface area (Å²) in [6, 6.07) is 3.59. The monoisotopic (exact) mass is 211 g/mol. The van der Waals surface area contributed by atoms with E-state index in [-0.39, 0.29) is 17.7 Å². The van der Waals surface area contributed by atoms with Gasteiger partial charge in [0.25, 0.3) is 0 Å². The molecule has 0 fully saturated rings. The zero-order chi connectivity index (χ0) is 10.6. The number of aliphatic hydroxyl groups is 1. The minimum Gasteiger partial charge on any atom is -0.395 e. The summed E-state index contributed by atoms with van der Waals surface area (Å²) in [6.45, 7) is 2.06. The third-order valence-corrected chi connectivity index (χ3v) is 2.68. The molecule has 0 aliphatic rings. The number of nitrogens with one attached hydrogen (secondary N) is 1. The fourth-order valence-electron chi connectivity index (χ4n) is 0.901. The molecule has 0 aromatic carbocycles. The molecule has 1 rings (SSSR count). The first-order valence-electron chi connectivity index (χ1n) is 4.21. The molecule has 1 heterocycles. The average molecular weight is 211 g/mol. The zero-order valence-electron chi connectivity index (χ0n) is 7.90. The van der Waals surface area contributed by atoms with E-state index in [0.717, 1.165) is 4.90 Å². The summed E-state index contributed by atoms with van der Waals surface area (Å²) in [4.78, 5) is 4.91. The number of hydrogen-bond donors (Lipinski definition) is 3. The van der Waals surface area contributed by atoms with Gasteiger partial charge in [0.15, 0.2) is 0 Å². The molecule has 0 saturated carbocycles. The van der Waals surface area contributed by atoms with E-state index in [1.807, 2.05) is 13.0 Å². The smallest absolute Gasteiger partial charge is 0.141 e. The lowest BCUT2D eigenvalue weighted by atomic mass is 10.3. The highest BCUT2D eigenvalue weighted by atomic mass is 32.2. The number of nitrogen functional groups attached to an aromatic ring is 1. The number of rotatable bonds is 4. The van der Waals surface area contributed by atoms with Gasteiger partial charge in [0.1, 0.15) is 11.5 Å². The van der Waals surface area contributed by atoms with Crippen LogP contribution in [0.4, 0.5) is 0 Å². The Balaban J connectivity index is 2.78. The first-order chi connectivity index (χ1) is 6.63. The van der Waals surface area contributed by atoms with E-state index in [0.29, 0.717) is 5.69 Å². The highest BCUT2D eigenvalue weighted by Crippen LogP contribution is 2.22. The molecule has 14 heavy (non-hydrogen) atoms. The molecule has 1 atom stereocenters. The van der Waals surface area contributed by atoms with Crippen LogP contribution in [-0.4, -0.2) is 27.8 Å². The van der Waals surface area contributed by atoms with Gasteiger partial charge in [0.05, 0.1) is 6.61 Å². The van der Waals surface area contributed by atoms with Gasteiger partial charge in [-0.15, -0.1) is 11.8 Å². The van der Waals surface area contributed by atoms with Gasteiger partial charge in [-0.25, -0.2) is 0 Å². The van der Waals surface area contributed by atoms with Crippen molar-refractivity contribution < 1.29 is 5.11 Å². The van der Waals surface area contributed by atoms with E-state index < -0.39 is 0 Å². The molecule has 0 saturated heterocycles. The molecule has 76 valence electrons. The standard InChI is InChI=1S/C9H13N3OS/c1-6(5-13)14-7-2-3-12-8(4-7)9(10)11/h2-4,6,13H,5H2,1H3,(H3,10,11). The Morgan fingerprint density at radius 2 is 2.50 bits per heavy atom. The minimum atomic E-state index is -0.0379. The molecular weight excluding hydrogens is 198 g/mol. The topological polar surface area (TPSA) is 83.0 Å². The van der Waals surface area contributed by atoms with Crippen molar-refractivity contribution in [3.8, 4) is 0 Å². The third-order valence-electron chi connectivity index (χ3n) is 1.60. The lowest BCUT2D eigenvalue weighted by molar-refractivity contribution is 0.300. The molecule has 1 aromatic rings. The second-order valence-electron chi connectivity index (χ2n) is 2.90. The number of aromatic nitrogens is 1. The molecule has 4 N–H and O–H groups in total. The Morgan fingerprint density at radius 3 is 3.07 bits per heavy atom. The fourth-order valence-corrected chi connectivity index (χ4v) is 1.76. The second-order valence-corrected chi connectivity index (χ2v) is 4.41. The maximum Gasteiger partial charge on any atom is 0.141 e. The number of nitrogens with two attached hydrogens (primary N) is 1. The molecule has 4 nitrogen and oxygen atoms in total. The first kappa shape index (κ1) is 11.0. The van der Waals surface area contributed by atoms with Crippen molar-refractivity contribution in [1.29, 1.82) is 5.41 Å². The van der Waals surface area contributed by atoms with E-state index in [4.69, 9.17) is 16.2 Å². The predicted octanol–water partition coefficient (Wildman–Crippen LogP) is 0.839. The van der Waals surface area contributed by atoms with Crippen molar-refractivity contribution in [3.63, 3.8) is 0 Å². The predicted molar refractivity (Wildman–Crippen MR) is 57.7 cm³/mol. The van der Waals surface area contributed by atoms with Crippen LogP contribution in [0.1, 0.15) is 12.6 Å². The van der Waals surface area contributed by atoms with Crippen molar-refractivity contribution in [2.45, 2.75) is 17.1 Å². The van der Waals surface area contributed by atoms with Crippen LogP contribution < -0.4 is 5.73 Å². The molecule has 0 amide bonds. The Hall–Kier alpha value is -1.07. The molecule has 1 unspecified atom stereocenters. The van der Waals surface area contributed by atoms with Gasteiger partial charge >= 0.3 is 0 Å². The fraction of sp³-hybridized carbons (Fsp3) is 0.333. The van der Waals surface area contributed by atoms with Gasteiger partial charge < -0.3 is 10.8 Å². The van der Waals surface area contributed by atoms with Crippen LogP contribution >= 0.6 is 11.8 Å². The summed E-state index contributed by atoms with van der Waals surface area (Å²) in [5, 5.41) is 16.2. The number of aliphatic hydroxyl groups excluding tert-OH is 1. The van der Waals surface area contributed by atoms with Crippen molar-refractivity contribution in [1.82, 2.24) is 4.98 Å². The maximum atomic E-state index is 8.87. The quantitative estimate of drug-likeness (QED) is 0.391. The lowest BCUT2D eigenvalue weighted by Crippen LogP contribution is -2.13. The normalized spacial score (nSPS) is 12.4. The average Bonchev–Trinajstić information content (AvgIpc) is 2.18. The maximum absolute atomic E-state index is 8.87. The zero-order valence-corrected chi connectivity index (χ0v) is 8.71. The largest absolute Gasteiger partial charge is 0.395 e. The summed E-state index contributed by atoms with van der Waals surface area (Å²) in [5.41, 5.74) is 5.78. The Kier molecular flexibility index (Phi) is 3.91. The van der Waals surface area contributed by atoms with Crippen LogP contribution in [0.5, 0.6) is 0 Å². The van der Waals surface area contributed by atoms with Crippen LogP contribution in [0.2, 0.25) is 0 Å². The molecule has 0 aliphatic carbocycles. The van der Waals surface area contributed by atoms with E-state index >= 15 is 0 Å². The Morgan fingerprint density at radius 1 is 1.79 bits per heavy atom. The molecule has 1 aromatic heterocycles. The molecular formula is C9H13N3OS. The number of thioether (sulfide) groups is 1. The number of amidine groups is 1. The van der Waals surface area contributed by atoms with Crippen molar-refractivity contribution in [3.05, 3.63) is 24.0 Å². The highest BCUT2D eigenvalue weighted by Gasteiger charge is 2.04. The summed E-state index contributed by atoms with van der Waals surface area (Å²) in [6.07, 6.45) is 1.61.